The number of likely N-dealkylation sites (N-methyl/N-ethyl adjacent to an activating group) is 1. The number of carbonyl (C=O) groups is 1. The molecule has 0 saturated carbocycles. The summed E-state index contributed by atoms with van der Waals surface area (Å²) in [5.74, 6) is -0.156. The number of rotatable bonds is 8. The van der Waals surface area contributed by atoms with Gasteiger partial charge >= 0.3 is 0 Å². The van der Waals surface area contributed by atoms with Gasteiger partial charge in [0.2, 0.25) is 0 Å². The van der Waals surface area contributed by atoms with Gasteiger partial charge in [0.15, 0.2) is 17.3 Å². The fourth-order valence-corrected chi connectivity index (χ4v) is 4.46. The zero-order valence-corrected chi connectivity index (χ0v) is 20.6. The summed E-state index contributed by atoms with van der Waals surface area (Å²) in [5, 5.41) is 21.5. The Balaban J connectivity index is 1.34. The highest BCUT2D eigenvalue weighted by Gasteiger charge is 2.29. The molecule has 1 aliphatic rings. The van der Waals surface area contributed by atoms with E-state index >= 15 is 0 Å². The first-order valence-corrected chi connectivity index (χ1v) is 12.0. The number of amides is 1. The Kier molecular flexibility index (Phi) is 7.17. The van der Waals surface area contributed by atoms with Gasteiger partial charge in [0, 0.05) is 55.4 Å². The van der Waals surface area contributed by atoms with Crippen LogP contribution in [0.3, 0.4) is 0 Å². The van der Waals surface area contributed by atoms with E-state index in [1.807, 2.05) is 7.05 Å². The number of benzene rings is 2. The van der Waals surface area contributed by atoms with E-state index in [0.29, 0.717) is 53.3 Å². The van der Waals surface area contributed by atoms with Crippen LogP contribution >= 0.6 is 0 Å². The lowest BCUT2D eigenvalue weighted by Gasteiger charge is -2.39. The monoisotopic (exact) mass is 509 g/mol. The van der Waals surface area contributed by atoms with Gasteiger partial charge in [-0.3, -0.25) is 9.89 Å². The number of nitrogens with one attached hydrogen (secondary N) is 1. The molecule has 1 amide bonds. The number of nitrogens with zero attached hydrogens (tertiary/aromatic N) is 4. The van der Waals surface area contributed by atoms with Gasteiger partial charge in [0.05, 0.1) is 24.8 Å². The molecule has 3 heterocycles. The third-order valence-corrected chi connectivity index (χ3v) is 6.49. The van der Waals surface area contributed by atoms with Crippen molar-refractivity contribution in [3.05, 3.63) is 53.8 Å². The Labute approximate surface area is 212 Å². The summed E-state index contributed by atoms with van der Waals surface area (Å²) in [7, 11) is 3.52. The van der Waals surface area contributed by atoms with E-state index in [-0.39, 0.29) is 30.9 Å². The zero-order valence-electron chi connectivity index (χ0n) is 20.6. The van der Waals surface area contributed by atoms with Crippen molar-refractivity contribution in [2.75, 3.05) is 53.6 Å². The van der Waals surface area contributed by atoms with Gasteiger partial charge in [-0.05, 0) is 25.2 Å². The molecule has 1 atom stereocenters. The van der Waals surface area contributed by atoms with Crippen LogP contribution in [0.15, 0.2) is 47.0 Å². The minimum atomic E-state index is -0.518. The molecule has 0 aliphatic carbocycles. The molecule has 1 saturated heterocycles. The number of hydrogen-bond donors (Lipinski definition) is 2. The van der Waals surface area contributed by atoms with Crippen LogP contribution in [-0.2, 0) is 4.74 Å². The van der Waals surface area contributed by atoms with Gasteiger partial charge in [0.25, 0.3) is 5.91 Å². The Morgan fingerprint density at radius 2 is 2.03 bits per heavy atom. The van der Waals surface area contributed by atoms with E-state index < -0.39 is 5.82 Å². The summed E-state index contributed by atoms with van der Waals surface area (Å²) in [6.45, 7) is 2.46. The molecule has 194 valence electrons. The van der Waals surface area contributed by atoms with Crippen molar-refractivity contribution in [2.45, 2.75) is 6.04 Å². The second-order valence-electron chi connectivity index (χ2n) is 8.99. The number of aliphatic hydroxyl groups excluding tert-OH is 1. The van der Waals surface area contributed by atoms with Crippen LogP contribution in [0.5, 0.6) is 5.75 Å². The Bertz CT molecular complexity index is 1390. The molecule has 1 unspecified atom stereocenters. The molecule has 2 N–H and O–H groups in total. The Morgan fingerprint density at radius 1 is 1.22 bits per heavy atom. The highest BCUT2D eigenvalue weighted by atomic mass is 19.1. The van der Waals surface area contributed by atoms with Gasteiger partial charge in [-0.15, -0.1) is 0 Å². The number of aliphatic hydroxyl groups is 1. The quantitative estimate of drug-likeness (QED) is 0.348. The number of aromatic amines is 1. The summed E-state index contributed by atoms with van der Waals surface area (Å²) in [6, 6.07) is 11.4. The topological polar surface area (TPSA) is 117 Å². The molecule has 10 nitrogen and oxygen atoms in total. The molecule has 4 aromatic rings. The van der Waals surface area contributed by atoms with Gasteiger partial charge in [0.1, 0.15) is 18.0 Å². The van der Waals surface area contributed by atoms with Crippen LogP contribution in [0.1, 0.15) is 10.4 Å². The molecular formula is C26H28FN5O5. The average molecular weight is 510 g/mol. The van der Waals surface area contributed by atoms with Gasteiger partial charge in [-0.25, -0.2) is 4.39 Å². The highest BCUT2D eigenvalue weighted by Crippen LogP contribution is 2.33. The molecule has 2 aromatic heterocycles. The van der Waals surface area contributed by atoms with Crippen LogP contribution < -0.4 is 4.74 Å². The summed E-state index contributed by atoms with van der Waals surface area (Å²) in [6.07, 6.45) is 0. The summed E-state index contributed by atoms with van der Waals surface area (Å²) in [5.41, 5.74) is 2.86. The van der Waals surface area contributed by atoms with Crippen LogP contribution in [-0.4, -0.2) is 95.8 Å². The van der Waals surface area contributed by atoms with Crippen LogP contribution in [0.2, 0.25) is 0 Å². The number of H-pyrrole nitrogens is 1. The fourth-order valence-electron chi connectivity index (χ4n) is 4.46. The number of carbonyl (C=O) groups excluding carboxylic acids is 1. The molecule has 11 heteroatoms. The number of aromatic nitrogens is 3. The third kappa shape index (κ3) is 5.06. The molecule has 0 radical (unpaired) electrons. The Hall–Kier alpha value is -3.80. The maximum absolute atomic E-state index is 14.6. The predicted molar refractivity (Wildman–Crippen MR) is 134 cm³/mol. The summed E-state index contributed by atoms with van der Waals surface area (Å²) < 4.78 is 30.5. The smallest absolute Gasteiger partial charge is 0.254 e. The molecule has 0 spiro atoms. The molecule has 0 bridgehead atoms. The number of halogens is 1. The lowest BCUT2D eigenvalue weighted by molar-refractivity contribution is 0.0356. The second-order valence-corrected chi connectivity index (χ2v) is 8.99. The van der Waals surface area contributed by atoms with Crippen molar-refractivity contribution in [3.8, 4) is 28.5 Å². The first-order chi connectivity index (χ1) is 18.0. The molecule has 2 aromatic carbocycles. The van der Waals surface area contributed by atoms with Crippen molar-refractivity contribution >= 4 is 16.8 Å². The van der Waals surface area contributed by atoms with E-state index in [4.69, 9.17) is 14.0 Å². The lowest BCUT2D eigenvalue weighted by atomic mass is 10.1. The van der Waals surface area contributed by atoms with E-state index in [1.165, 1.54) is 6.07 Å². The summed E-state index contributed by atoms with van der Waals surface area (Å²) in [4.78, 5) is 16.9. The first kappa shape index (κ1) is 24.9. The largest absolute Gasteiger partial charge is 0.488 e. The van der Waals surface area contributed by atoms with Gasteiger partial charge in [-0.1, -0.05) is 17.3 Å². The molecule has 1 fully saturated rings. The van der Waals surface area contributed by atoms with Crippen molar-refractivity contribution < 1.29 is 28.3 Å². The van der Waals surface area contributed by atoms with E-state index in [9.17, 15) is 14.3 Å². The van der Waals surface area contributed by atoms with Crippen molar-refractivity contribution in [3.63, 3.8) is 0 Å². The number of methoxy groups -OCH3 is 1. The van der Waals surface area contributed by atoms with E-state index in [2.05, 4.69) is 20.3 Å². The molecule has 37 heavy (non-hydrogen) atoms. The van der Waals surface area contributed by atoms with Crippen LogP contribution in [0.4, 0.5) is 4.39 Å². The van der Waals surface area contributed by atoms with E-state index in [0.717, 1.165) is 12.1 Å². The summed E-state index contributed by atoms with van der Waals surface area (Å²) >= 11 is 0. The Morgan fingerprint density at radius 3 is 2.78 bits per heavy atom. The van der Waals surface area contributed by atoms with Crippen LogP contribution in [0, 0.1) is 5.82 Å². The predicted octanol–water partition coefficient (Wildman–Crippen LogP) is 2.80. The van der Waals surface area contributed by atoms with Crippen LogP contribution in [0.25, 0.3) is 33.6 Å². The van der Waals surface area contributed by atoms with Crippen molar-refractivity contribution in [2.24, 2.45) is 0 Å². The second kappa shape index (κ2) is 10.7. The minimum Gasteiger partial charge on any atom is -0.488 e. The maximum Gasteiger partial charge on any atom is 0.254 e. The SMILES string of the molecule is COCCOc1cc2[nH]nc(-c3cc(-c4ccc(C(=O)N5CCN(C)CC5CO)cc4)no3)c2cc1F. The average Bonchev–Trinajstić information content (AvgIpc) is 3.55. The molecular weight excluding hydrogens is 481 g/mol. The lowest BCUT2D eigenvalue weighted by Crippen LogP contribution is -2.55. The third-order valence-electron chi connectivity index (χ3n) is 6.49. The number of piperazine rings is 1. The standard InChI is InChI=1S/C26H28FN5O5/c1-31-7-8-32(18(14-31)15-33)26(34)17-5-3-16(4-6-17)21-12-24(37-30-21)25-19-11-20(27)23(36-10-9-35-2)13-22(19)28-29-25/h3-6,11-13,18,33H,7-10,14-15H2,1-2H3,(H,28,29). The first-order valence-electron chi connectivity index (χ1n) is 12.0. The molecule has 5 rings (SSSR count). The van der Waals surface area contributed by atoms with Crippen molar-refractivity contribution in [1.82, 2.24) is 25.2 Å². The van der Waals surface area contributed by atoms with Gasteiger partial charge < -0.3 is 28.9 Å². The highest BCUT2D eigenvalue weighted by molar-refractivity contribution is 5.95. The maximum atomic E-state index is 14.6. The molecule has 1 aliphatic heterocycles. The zero-order chi connectivity index (χ0) is 25.9. The number of hydrogen-bond acceptors (Lipinski definition) is 8. The normalized spacial score (nSPS) is 16.4. The van der Waals surface area contributed by atoms with Crippen molar-refractivity contribution in [1.29, 1.82) is 0 Å². The number of fused-ring (bicyclic) bond motifs is 1. The minimum absolute atomic E-state index is 0.0796. The fraction of sp³-hybridized carbons (Fsp3) is 0.346. The van der Waals surface area contributed by atoms with Gasteiger partial charge in [-0.2, -0.15) is 5.10 Å². The van der Waals surface area contributed by atoms with E-state index in [1.54, 1.807) is 48.4 Å². The number of ether oxygens (including phenoxy) is 2.